The molecule has 1 unspecified atom stereocenters. The molecule has 2 aromatic carbocycles. The zero-order valence-electron chi connectivity index (χ0n) is 18.1. The Kier molecular flexibility index (Phi) is 7.50. The summed E-state index contributed by atoms with van der Waals surface area (Å²) in [6.07, 6.45) is 2.76. The molecule has 0 aromatic heterocycles. The van der Waals surface area contributed by atoms with Gasteiger partial charge in [0.15, 0.2) is 5.78 Å². The van der Waals surface area contributed by atoms with Crippen LogP contribution in [-0.2, 0) is 11.2 Å². The van der Waals surface area contributed by atoms with E-state index in [2.05, 4.69) is 0 Å². The van der Waals surface area contributed by atoms with Gasteiger partial charge in [0.2, 0.25) is 5.91 Å². The quantitative estimate of drug-likeness (QED) is 0.601. The van der Waals surface area contributed by atoms with Gasteiger partial charge in [0, 0.05) is 31.0 Å². The molecule has 1 aliphatic rings. The van der Waals surface area contributed by atoms with E-state index in [1.165, 1.54) is 0 Å². The second-order valence-corrected chi connectivity index (χ2v) is 8.05. The number of carbonyl (C=O) groups is 2. The van der Waals surface area contributed by atoms with Crippen molar-refractivity contribution in [2.75, 3.05) is 20.2 Å². The molecule has 0 aliphatic carbocycles. The summed E-state index contributed by atoms with van der Waals surface area (Å²) in [5, 5.41) is 0. The highest BCUT2D eigenvalue weighted by molar-refractivity contribution is 5.98. The Hall–Kier alpha value is -2.82. The van der Waals surface area contributed by atoms with Crippen molar-refractivity contribution in [3.8, 4) is 11.5 Å². The van der Waals surface area contributed by atoms with Crippen molar-refractivity contribution in [1.29, 1.82) is 0 Å². The van der Waals surface area contributed by atoms with Crippen molar-refractivity contribution < 1.29 is 19.1 Å². The summed E-state index contributed by atoms with van der Waals surface area (Å²) in [5.74, 6) is 1.53. The molecule has 30 heavy (non-hydrogen) atoms. The number of nitrogens with zero attached hydrogens (tertiary/aromatic N) is 1. The van der Waals surface area contributed by atoms with Gasteiger partial charge in [-0.2, -0.15) is 0 Å². The maximum absolute atomic E-state index is 13.1. The molecule has 3 rings (SSSR count). The molecular formula is C25H31NO4. The van der Waals surface area contributed by atoms with Gasteiger partial charge in [-0.25, -0.2) is 0 Å². The van der Waals surface area contributed by atoms with Crippen molar-refractivity contribution in [2.45, 2.75) is 45.6 Å². The Labute approximate surface area is 179 Å². The second-order valence-electron chi connectivity index (χ2n) is 8.05. The maximum atomic E-state index is 13.1. The zero-order chi connectivity index (χ0) is 21.5. The summed E-state index contributed by atoms with van der Waals surface area (Å²) in [6, 6.07) is 15.1. The number of ketones is 1. The Bertz CT molecular complexity index is 877. The predicted octanol–water partition coefficient (Wildman–Crippen LogP) is 4.54. The number of ether oxygens (including phenoxy) is 2. The van der Waals surface area contributed by atoms with E-state index < -0.39 is 0 Å². The molecule has 0 spiro atoms. The molecule has 1 atom stereocenters. The van der Waals surface area contributed by atoms with E-state index in [9.17, 15) is 9.59 Å². The van der Waals surface area contributed by atoms with Gasteiger partial charge in [0.05, 0.1) is 13.2 Å². The molecule has 5 nitrogen and oxygen atoms in total. The lowest BCUT2D eigenvalue weighted by Crippen LogP contribution is -2.42. The average Bonchev–Trinajstić information content (AvgIpc) is 2.77. The number of rotatable bonds is 8. The smallest absolute Gasteiger partial charge is 0.222 e. The average molecular weight is 410 g/mol. The fourth-order valence-corrected chi connectivity index (χ4v) is 3.96. The zero-order valence-corrected chi connectivity index (χ0v) is 18.1. The van der Waals surface area contributed by atoms with Crippen LogP contribution in [0.15, 0.2) is 48.5 Å². The minimum absolute atomic E-state index is 0.0568. The Morgan fingerprint density at radius 2 is 1.93 bits per heavy atom. The molecule has 1 amide bonds. The Morgan fingerprint density at radius 1 is 1.13 bits per heavy atom. The first-order valence-electron chi connectivity index (χ1n) is 10.7. The lowest BCUT2D eigenvalue weighted by Gasteiger charge is -2.32. The van der Waals surface area contributed by atoms with Gasteiger partial charge in [0.25, 0.3) is 0 Å². The van der Waals surface area contributed by atoms with Crippen LogP contribution >= 0.6 is 0 Å². The fraction of sp³-hybridized carbons (Fsp3) is 0.440. The highest BCUT2D eigenvalue weighted by Crippen LogP contribution is 2.25. The van der Waals surface area contributed by atoms with Crippen LogP contribution in [0, 0.1) is 5.92 Å². The number of piperidine rings is 1. The molecule has 1 fully saturated rings. The number of hydrogen-bond donors (Lipinski definition) is 0. The number of para-hydroxylation sites is 1. The van der Waals surface area contributed by atoms with Gasteiger partial charge < -0.3 is 14.4 Å². The largest absolute Gasteiger partial charge is 0.496 e. The minimum atomic E-state index is -0.164. The number of carbonyl (C=O) groups excluding carboxylic acids is 2. The van der Waals surface area contributed by atoms with E-state index in [4.69, 9.17) is 9.47 Å². The molecule has 1 heterocycles. The topological polar surface area (TPSA) is 55.8 Å². The van der Waals surface area contributed by atoms with Gasteiger partial charge in [0.1, 0.15) is 11.5 Å². The lowest BCUT2D eigenvalue weighted by molar-refractivity contribution is -0.132. The third-order valence-electron chi connectivity index (χ3n) is 5.44. The SMILES string of the molecule is COc1ccccc1CCC(=O)N1CCCC(C(=O)c2cccc(OC(C)C)c2)C1. The van der Waals surface area contributed by atoms with Gasteiger partial charge in [-0.1, -0.05) is 30.3 Å². The van der Waals surface area contributed by atoms with Gasteiger partial charge >= 0.3 is 0 Å². The summed E-state index contributed by atoms with van der Waals surface area (Å²) < 4.78 is 11.1. The van der Waals surface area contributed by atoms with Crippen LogP contribution in [0.1, 0.15) is 49.0 Å². The van der Waals surface area contributed by atoms with Gasteiger partial charge in [-0.05, 0) is 56.9 Å². The molecule has 5 heteroatoms. The molecule has 0 radical (unpaired) electrons. The van der Waals surface area contributed by atoms with Gasteiger partial charge in [-0.3, -0.25) is 9.59 Å². The highest BCUT2D eigenvalue weighted by Gasteiger charge is 2.29. The summed E-state index contributed by atoms with van der Waals surface area (Å²) in [4.78, 5) is 27.7. The van der Waals surface area contributed by atoms with Crippen LogP contribution in [0.5, 0.6) is 11.5 Å². The first-order valence-corrected chi connectivity index (χ1v) is 10.7. The molecular weight excluding hydrogens is 378 g/mol. The van der Waals surface area contributed by atoms with Crippen LogP contribution in [-0.4, -0.2) is 42.9 Å². The van der Waals surface area contributed by atoms with Crippen LogP contribution in [0.25, 0.3) is 0 Å². The van der Waals surface area contributed by atoms with E-state index in [1.54, 1.807) is 7.11 Å². The van der Waals surface area contributed by atoms with Crippen LogP contribution in [0.4, 0.5) is 0 Å². The van der Waals surface area contributed by atoms with Crippen molar-refractivity contribution in [3.63, 3.8) is 0 Å². The van der Waals surface area contributed by atoms with Crippen molar-refractivity contribution in [2.24, 2.45) is 5.92 Å². The van der Waals surface area contributed by atoms with Crippen LogP contribution in [0.2, 0.25) is 0 Å². The van der Waals surface area contributed by atoms with Gasteiger partial charge in [-0.15, -0.1) is 0 Å². The van der Waals surface area contributed by atoms with E-state index in [-0.39, 0.29) is 23.7 Å². The molecule has 1 aliphatic heterocycles. The van der Waals surface area contributed by atoms with Crippen molar-refractivity contribution in [3.05, 3.63) is 59.7 Å². The Balaban J connectivity index is 1.60. The highest BCUT2D eigenvalue weighted by atomic mass is 16.5. The number of aryl methyl sites for hydroxylation is 1. The molecule has 2 aromatic rings. The molecule has 0 saturated carbocycles. The van der Waals surface area contributed by atoms with E-state index in [0.29, 0.717) is 37.2 Å². The van der Waals surface area contributed by atoms with Crippen LogP contribution in [0.3, 0.4) is 0 Å². The normalized spacial score (nSPS) is 16.4. The number of Topliss-reactive ketones (excluding diaryl/α,β-unsaturated/α-hetero) is 1. The monoisotopic (exact) mass is 409 g/mol. The molecule has 0 N–H and O–H groups in total. The summed E-state index contributed by atoms with van der Waals surface area (Å²) in [7, 11) is 1.64. The summed E-state index contributed by atoms with van der Waals surface area (Å²) in [5.41, 5.74) is 1.68. The fourth-order valence-electron chi connectivity index (χ4n) is 3.96. The minimum Gasteiger partial charge on any atom is -0.496 e. The first kappa shape index (κ1) is 21.9. The van der Waals surface area contributed by atoms with E-state index in [0.717, 1.165) is 24.2 Å². The number of methoxy groups -OCH3 is 1. The van der Waals surface area contributed by atoms with Crippen LogP contribution < -0.4 is 9.47 Å². The summed E-state index contributed by atoms with van der Waals surface area (Å²) in [6.45, 7) is 5.12. The van der Waals surface area contributed by atoms with Crippen molar-refractivity contribution in [1.82, 2.24) is 4.90 Å². The molecule has 160 valence electrons. The lowest BCUT2D eigenvalue weighted by atomic mass is 9.89. The number of benzene rings is 2. The second kappa shape index (κ2) is 10.3. The standard InChI is InChI=1S/C25H31NO4/c1-18(2)30-22-11-6-9-20(16-22)25(28)21-10-7-15-26(17-21)24(27)14-13-19-8-4-5-12-23(19)29-3/h4-6,8-9,11-12,16,18,21H,7,10,13-15,17H2,1-3H3. The van der Waals surface area contributed by atoms with E-state index >= 15 is 0 Å². The molecule has 1 saturated heterocycles. The number of amides is 1. The third kappa shape index (κ3) is 5.62. The first-order chi connectivity index (χ1) is 14.5. The van der Waals surface area contributed by atoms with Crippen molar-refractivity contribution >= 4 is 11.7 Å². The Morgan fingerprint density at radius 3 is 2.70 bits per heavy atom. The van der Waals surface area contributed by atoms with E-state index in [1.807, 2.05) is 67.3 Å². The molecule has 0 bridgehead atoms. The number of likely N-dealkylation sites (tertiary alicyclic amines) is 1. The number of hydrogen-bond acceptors (Lipinski definition) is 4. The third-order valence-corrected chi connectivity index (χ3v) is 5.44. The maximum Gasteiger partial charge on any atom is 0.222 e. The summed E-state index contributed by atoms with van der Waals surface area (Å²) >= 11 is 0. The predicted molar refractivity (Wildman–Crippen MR) is 117 cm³/mol.